The zero-order chi connectivity index (χ0) is 14.7. The van der Waals surface area contributed by atoms with E-state index < -0.39 is 0 Å². The second-order valence-corrected chi connectivity index (χ2v) is 5.78. The molecule has 0 aromatic heterocycles. The van der Waals surface area contributed by atoms with Gasteiger partial charge in [0.1, 0.15) is 0 Å². The predicted molar refractivity (Wildman–Crippen MR) is 84.4 cm³/mol. The van der Waals surface area contributed by atoms with Gasteiger partial charge in [-0.05, 0) is 30.4 Å². The number of carbonyl (C=O) groups is 1. The van der Waals surface area contributed by atoms with Crippen molar-refractivity contribution in [2.24, 2.45) is 0 Å². The zero-order valence-electron chi connectivity index (χ0n) is 12.3. The summed E-state index contributed by atoms with van der Waals surface area (Å²) in [7, 11) is 1.71. The van der Waals surface area contributed by atoms with Crippen molar-refractivity contribution in [2.75, 3.05) is 7.11 Å². The molecule has 2 heteroatoms. The highest BCUT2D eigenvalue weighted by Crippen LogP contribution is 2.38. The van der Waals surface area contributed by atoms with Crippen LogP contribution in [0.5, 0.6) is 0 Å². The van der Waals surface area contributed by atoms with Gasteiger partial charge in [0.2, 0.25) is 0 Å². The third-order valence-corrected chi connectivity index (χ3v) is 4.49. The van der Waals surface area contributed by atoms with Gasteiger partial charge < -0.3 is 4.74 Å². The summed E-state index contributed by atoms with van der Waals surface area (Å²) in [5.41, 5.74) is 2.88. The molecule has 2 nitrogen and oxygen atoms in total. The van der Waals surface area contributed by atoms with Gasteiger partial charge in [-0.2, -0.15) is 0 Å². The van der Waals surface area contributed by atoms with Crippen LogP contribution in [0.25, 0.3) is 11.1 Å². The number of ether oxygens (including phenoxy) is 1. The minimum Gasteiger partial charge on any atom is -0.378 e. The largest absolute Gasteiger partial charge is 0.378 e. The van der Waals surface area contributed by atoms with E-state index in [1.165, 1.54) is 5.56 Å². The van der Waals surface area contributed by atoms with Gasteiger partial charge in [0.25, 0.3) is 0 Å². The highest BCUT2D eigenvalue weighted by molar-refractivity contribution is 5.97. The Balaban J connectivity index is 1.73. The Morgan fingerprint density at radius 2 is 1.62 bits per heavy atom. The number of hydrogen-bond acceptors (Lipinski definition) is 2. The van der Waals surface area contributed by atoms with Gasteiger partial charge in [0, 0.05) is 19.1 Å². The van der Waals surface area contributed by atoms with Crippen molar-refractivity contribution >= 4 is 5.78 Å². The van der Waals surface area contributed by atoms with Crippen LogP contribution in [0.1, 0.15) is 36.0 Å². The summed E-state index contributed by atoms with van der Waals surface area (Å²) in [5, 5.41) is 0. The van der Waals surface area contributed by atoms with Crippen molar-refractivity contribution in [3.05, 3.63) is 60.2 Å². The fraction of sp³-hybridized carbons (Fsp3) is 0.316. The molecule has 108 valence electrons. The van der Waals surface area contributed by atoms with E-state index in [2.05, 4.69) is 12.1 Å². The van der Waals surface area contributed by atoms with E-state index in [9.17, 15) is 4.79 Å². The SMILES string of the molecule is COC1(CC(=O)c2ccc(-c3ccccc3)cc2)CCC1. The summed E-state index contributed by atoms with van der Waals surface area (Å²) in [6, 6.07) is 18.1. The quantitative estimate of drug-likeness (QED) is 0.754. The topological polar surface area (TPSA) is 26.3 Å². The Kier molecular flexibility index (Phi) is 3.89. The molecular formula is C19H20O2. The molecule has 0 saturated heterocycles. The van der Waals surface area contributed by atoms with Crippen LogP contribution in [0, 0.1) is 0 Å². The van der Waals surface area contributed by atoms with E-state index in [0.29, 0.717) is 6.42 Å². The van der Waals surface area contributed by atoms with E-state index in [4.69, 9.17) is 4.74 Å². The normalized spacial score (nSPS) is 16.2. The first kappa shape index (κ1) is 14.0. The fourth-order valence-electron chi connectivity index (χ4n) is 2.90. The second-order valence-electron chi connectivity index (χ2n) is 5.78. The van der Waals surface area contributed by atoms with E-state index in [1.807, 2.05) is 42.5 Å². The molecular weight excluding hydrogens is 260 g/mol. The van der Waals surface area contributed by atoms with Crippen LogP contribution in [0.3, 0.4) is 0 Å². The lowest BCUT2D eigenvalue weighted by atomic mass is 9.76. The first-order valence-corrected chi connectivity index (χ1v) is 7.46. The predicted octanol–water partition coefficient (Wildman–Crippen LogP) is 4.50. The summed E-state index contributed by atoms with van der Waals surface area (Å²) >= 11 is 0. The molecule has 0 spiro atoms. The molecule has 0 radical (unpaired) electrons. The highest BCUT2D eigenvalue weighted by Gasteiger charge is 2.39. The number of carbonyl (C=O) groups excluding carboxylic acids is 1. The lowest BCUT2D eigenvalue weighted by Crippen LogP contribution is -2.41. The third kappa shape index (κ3) is 2.91. The second kappa shape index (κ2) is 5.82. The van der Waals surface area contributed by atoms with E-state index in [0.717, 1.165) is 30.4 Å². The molecule has 1 aliphatic rings. The number of Topliss-reactive ketones (excluding diaryl/α,β-unsaturated/α-hetero) is 1. The molecule has 2 aromatic rings. The maximum Gasteiger partial charge on any atom is 0.165 e. The van der Waals surface area contributed by atoms with Gasteiger partial charge in [-0.15, -0.1) is 0 Å². The first-order chi connectivity index (χ1) is 10.2. The summed E-state index contributed by atoms with van der Waals surface area (Å²) < 4.78 is 5.54. The van der Waals surface area contributed by atoms with Crippen molar-refractivity contribution in [1.82, 2.24) is 0 Å². The molecule has 0 bridgehead atoms. The minimum absolute atomic E-state index is 0.177. The van der Waals surface area contributed by atoms with Crippen LogP contribution in [0.15, 0.2) is 54.6 Å². The Labute approximate surface area is 125 Å². The van der Waals surface area contributed by atoms with E-state index >= 15 is 0 Å². The molecule has 1 saturated carbocycles. The van der Waals surface area contributed by atoms with E-state index in [1.54, 1.807) is 7.11 Å². The molecule has 3 rings (SSSR count). The number of methoxy groups -OCH3 is 1. The van der Waals surface area contributed by atoms with Crippen molar-refractivity contribution in [1.29, 1.82) is 0 Å². The standard InChI is InChI=1S/C19H20O2/c1-21-19(12-5-13-19)14-18(20)17-10-8-16(9-11-17)15-6-3-2-4-7-15/h2-4,6-11H,5,12-14H2,1H3. The summed E-state index contributed by atoms with van der Waals surface area (Å²) in [6.07, 6.45) is 3.65. The Hall–Kier alpha value is -1.93. The third-order valence-electron chi connectivity index (χ3n) is 4.49. The molecule has 2 aromatic carbocycles. The van der Waals surface area contributed by atoms with Gasteiger partial charge in [0.05, 0.1) is 5.60 Å². The molecule has 0 N–H and O–H groups in total. The van der Waals surface area contributed by atoms with Gasteiger partial charge in [0.15, 0.2) is 5.78 Å². The first-order valence-electron chi connectivity index (χ1n) is 7.46. The average molecular weight is 280 g/mol. The lowest BCUT2D eigenvalue weighted by molar-refractivity contribution is -0.0704. The van der Waals surface area contributed by atoms with Crippen molar-refractivity contribution < 1.29 is 9.53 Å². The van der Waals surface area contributed by atoms with Crippen molar-refractivity contribution in [2.45, 2.75) is 31.3 Å². The average Bonchev–Trinajstić information content (AvgIpc) is 2.52. The number of benzene rings is 2. The van der Waals surface area contributed by atoms with Gasteiger partial charge in [-0.25, -0.2) is 0 Å². The van der Waals surface area contributed by atoms with Gasteiger partial charge in [-0.1, -0.05) is 54.6 Å². The molecule has 0 atom stereocenters. The summed E-state index contributed by atoms with van der Waals surface area (Å²) in [5.74, 6) is 0.177. The number of ketones is 1. The monoisotopic (exact) mass is 280 g/mol. The molecule has 0 aliphatic heterocycles. The van der Waals surface area contributed by atoms with Crippen LogP contribution < -0.4 is 0 Å². The lowest BCUT2D eigenvalue weighted by Gasteiger charge is -2.40. The van der Waals surface area contributed by atoms with Crippen molar-refractivity contribution in [3.63, 3.8) is 0 Å². The Bertz CT molecular complexity index is 604. The van der Waals surface area contributed by atoms with Crippen LogP contribution in [-0.2, 0) is 4.74 Å². The highest BCUT2D eigenvalue weighted by atomic mass is 16.5. The van der Waals surface area contributed by atoms with Gasteiger partial charge >= 0.3 is 0 Å². The molecule has 0 heterocycles. The minimum atomic E-state index is -0.199. The maximum absolute atomic E-state index is 12.4. The van der Waals surface area contributed by atoms with Gasteiger partial charge in [-0.3, -0.25) is 4.79 Å². The van der Waals surface area contributed by atoms with Crippen LogP contribution in [0.2, 0.25) is 0 Å². The smallest absolute Gasteiger partial charge is 0.165 e. The maximum atomic E-state index is 12.4. The Morgan fingerprint density at radius 3 is 2.14 bits per heavy atom. The zero-order valence-corrected chi connectivity index (χ0v) is 12.3. The van der Waals surface area contributed by atoms with Crippen molar-refractivity contribution in [3.8, 4) is 11.1 Å². The number of hydrogen-bond donors (Lipinski definition) is 0. The van der Waals surface area contributed by atoms with Crippen LogP contribution in [0.4, 0.5) is 0 Å². The summed E-state index contributed by atoms with van der Waals surface area (Å²) in [6.45, 7) is 0. The van der Waals surface area contributed by atoms with Crippen LogP contribution in [-0.4, -0.2) is 18.5 Å². The molecule has 0 unspecified atom stereocenters. The molecule has 21 heavy (non-hydrogen) atoms. The fourth-order valence-corrected chi connectivity index (χ4v) is 2.90. The molecule has 0 amide bonds. The number of rotatable bonds is 5. The van der Waals surface area contributed by atoms with E-state index in [-0.39, 0.29) is 11.4 Å². The summed E-state index contributed by atoms with van der Waals surface area (Å²) in [4.78, 5) is 12.4. The Morgan fingerprint density at radius 1 is 1.00 bits per heavy atom. The molecule has 1 aliphatic carbocycles. The van der Waals surface area contributed by atoms with Crippen LogP contribution >= 0.6 is 0 Å². The molecule has 1 fully saturated rings.